The van der Waals surface area contributed by atoms with Crippen LogP contribution in [0.3, 0.4) is 0 Å². The second kappa shape index (κ2) is 7.16. The summed E-state index contributed by atoms with van der Waals surface area (Å²) in [4.78, 5) is 34.4. The van der Waals surface area contributed by atoms with Gasteiger partial charge < -0.3 is 10.4 Å². The third-order valence-electron chi connectivity index (χ3n) is 6.09. The van der Waals surface area contributed by atoms with Crippen molar-refractivity contribution in [2.24, 2.45) is 5.41 Å². The highest BCUT2D eigenvalue weighted by Gasteiger charge is 2.54. The van der Waals surface area contributed by atoms with Crippen molar-refractivity contribution in [3.8, 4) is 5.95 Å². The number of hydrogen-bond donors (Lipinski definition) is 3. The Kier molecular flexibility index (Phi) is 4.82. The Morgan fingerprint density at radius 1 is 1.29 bits per heavy atom. The molecule has 0 aliphatic heterocycles. The van der Waals surface area contributed by atoms with Gasteiger partial charge in [0.05, 0.1) is 5.56 Å². The second-order valence-corrected chi connectivity index (χ2v) is 8.18. The number of nitrogens with one attached hydrogen (secondary N) is 2. The maximum atomic E-state index is 12.9. The smallest absolute Gasteiger partial charge is 0.277 e. The predicted molar refractivity (Wildman–Crippen MR) is 104 cm³/mol. The molecule has 1 spiro atoms. The van der Waals surface area contributed by atoms with E-state index in [0.717, 1.165) is 30.7 Å². The van der Waals surface area contributed by atoms with Gasteiger partial charge in [-0.05, 0) is 44.6 Å². The molecule has 2 aromatic heterocycles. The molecule has 2 heterocycles. The number of rotatable bonds is 5. The molecule has 1 unspecified atom stereocenters. The molecule has 150 valence electrons. The van der Waals surface area contributed by atoms with Crippen molar-refractivity contribution in [2.75, 3.05) is 6.61 Å². The number of aromatic nitrogens is 4. The van der Waals surface area contributed by atoms with Gasteiger partial charge >= 0.3 is 0 Å². The molecule has 0 bridgehead atoms. The predicted octanol–water partition coefficient (Wildman–Crippen LogP) is 1.56. The average molecular weight is 385 g/mol. The third-order valence-corrected chi connectivity index (χ3v) is 6.09. The van der Waals surface area contributed by atoms with Crippen molar-refractivity contribution in [2.45, 2.75) is 64.8 Å². The zero-order valence-corrected chi connectivity index (χ0v) is 16.4. The molecule has 2 aromatic rings. The van der Waals surface area contributed by atoms with Crippen LogP contribution in [0.15, 0.2) is 10.9 Å². The molecule has 1 atom stereocenters. The standard InChI is InChI=1S/C20H27N5O3/c1-12-10-13(2)22-19(21-12)25-18(28)14(6-9-26)16(24-25)17(27)23-15-11-20(15)7-4-3-5-8-20/h10,15,24,26H,3-9,11H2,1-2H3,(H,23,27). The van der Waals surface area contributed by atoms with Gasteiger partial charge in [0.2, 0.25) is 0 Å². The second-order valence-electron chi connectivity index (χ2n) is 8.18. The molecule has 0 saturated heterocycles. The summed E-state index contributed by atoms with van der Waals surface area (Å²) in [5, 5.41) is 15.4. The highest BCUT2D eigenvalue weighted by Crippen LogP contribution is 2.56. The molecule has 8 heteroatoms. The minimum absolute atomic E-state index is 0.103. The first-order valence-corrected chi connectivity index (χ1v) is 10.0. The highest BCUT2D eigenvalue weighted by atomic mass is 16.3. The molecule has 2 aliphatic carbocycles. The minimum atomic E-state index is -0.396. The third kappa shape index (κ3) is 3.37. The fourth-order valence-corrected chi connectivity index (χ4v) is 4.54. The first kappa shape index (κ1) is 18.9. The van der Waals surface area contributed by atoms with E-state index in [9.17, 15) is 14.7 Å². The van der Waals surface area contributed by atoms with Crippen molar-refractivity contribution < 1.29 is 9.90 Å². The van der Waals surface area contributed by atoms with Crippen molar-refractivity contribution in [3.05, 3.63) is 39.1 Å². The fourth-order valence-electron chi connectivity index (χ4n) is 4.54. The highest BCUT2D eigenvalue weighted by molar-refractivity contribution is 5.94. The Balaban J connectivity index is 1.63. The molecule has 8 nitrogen and oxygen atoms in total. The van der Waals surface area contributed by atoms with Crippen LogP contribution in [0.5, 0.6) is 0 Å². The van der Waals surface area contributed by atoms with Crippen LogP contribution in [-0.2, 0) is 6.42 Å². The molecule has 3 N–H and O–H groups in total. The maximum absolute atomic E-state index is 12.9. The van der Waals surface area contributed by atoms with E-state index in [0.29, 0.717) is 0 Å². The molecular weight excluding hydrogens is 358 g/mol. The first-order chi connectivity index (χ1) is 13.4. The Hall–Kier alpha value is -2.48. The van der Waals surface area contributed by atoms with Crippen LogP contribution in [0.1, 0.15) is 66.0 Å². The summed E-state index contributed by atoms with van der Waals surface area (Å²) in [6.45, 7) is 3.44. The van der Waals surface area contributed by atoms with E-state index < -0.39 is 5.56 Å². The normalized spacial score (nSPS) is 20.3. The zero-order chi connectivity index (χ0) is 19.9. The van der Waals surface area contributed by atoms with Crippen LogP contribution < -0.4 is 10.9 Å². The summed E-state index contributed by atoms with van der Waals surface area (Å²) in [5.41, 5.74) is 1.78. The number of H-pyrrole nitrogens is 1. The Bertz CT molecular complexity index is 935. The van der Waals surface area contributed by atoms with Gasteiger partial charge in [0, 0.05) is 30.5 Å². The summed E-state index contributed by atoms with van der Waals surface area (Å²) >= 11 is 0. The maximum Gasteiger partial charge on any atom is 0.277 e. The first-order valence-electron chi connectivity index (χ1n) is 10.0. The lowest BCUT2D eigenvalue weighted by Gasteiger charge is -2.22. The van der Waals surface area contributed by atoms with Gasteiger partial charge in [-0.25, -0.2) is 9.97 Å². The fraction of sp³-hybridized carbons (Fsp3) is 0.600. The van der Waals surface area contributed by atoms with Crippen LogP contribution in [0.2, 0.25) is 0 Å². The largest absolute Gasteiger partial charge is 0.396 e. The number of aromatic amines is 1. The Labute approximate surface area is 163 Å². The number of aliphatic hydroxyl groups is 1. The molecule has 2 fully saturated rings. The number of amides is 1. The number of carbonyl (C=O) groups excluding carboxylic acids is 1. The van der Waals surface area contributed by atoms with Crippen molar-refractivity contribution in [1.29, 1.82) is 0 Å². The molecule has 0 radical (unpaired) electrons. The SMILES string of the molecule is Cc1cc(C)nc(-n2[nH]c(C(=O)NC3CC34CCCCC4)c(CCO)c2=O)n1. The molecule has 28 heavy (non-hydrogen) atoms. The van der Waals surface area contributed by atoms with Gasteiger partial charge in [-0.1, -0.05) is 19.3 Å². The Morgan fingerprint density at radius 2 is 1.96 bits per heavy atom. The summed E-state index contributed by atoms with van der Waals surface area (Å²) in [7, 11) is 0. The van der Waals surface area contributed by atoms with Gasteiger partial charge in [0.1, 0.15) is 5.69 Å². The summed E-state index contributed by atoms with van der Waals surface area (Å²) in [5.74, 6) is -0.0907. The lowest BCUT2D eigenvalue weighted by molar-refractivity contribution is 0.0935. The van der Waals surface area contributed by atoms with E-state index >= 15 is 0 Å². The van der Waals surface area contributed by atoms with Crippen LogP contribution >= 0.6 is 0 Å². The molecule has 2 aliphatic rings. The lowest BCUT2D eigenvalue weighted by atomic mass is 9.86. The van der Waals surface area contributed by atoms with Crippen molar-refractivity contribution >= 4 is 5.91 Å². The summed E-state index contributed by atoms with van der Waals surface area (Å²) in [6.07, 6.45) is 7.16. The average Bonchev–Trinajstić information content (AvgIpc) is 3.17. The Morgan fingerprint density at radius 3 is 2.61 bits per heavy atom. The van der Waals surface area contributed by atoms with Gasteiger partial charge in [-0.15, -0.1) is 0 Å². The van der Waals surface area contributed by atoms with E-state index in [2.05, 4.69) is 20.4 Å². The molecule has 2 saturated carbocycles. The van der Waals surface area contributed by atoms with E-state index in [1.165, 1.54) is 23.9 Å². The number of aliphatic hydroxyl groups excluding tert-OH is 1. The van der Waals surface area contributed by atoms with E-state index in [-0.39, 0.29) is 47.6 Å². The quantitative estimate of drug-likeness (QED) is 0.723. The number of nitrogens with zero attached hydrogens (tertiary/aromatic N) is 3. The van der Waals surface area contributed by atoms with Gasteiger partial charge in [-0.3, -0.25) is 14.7 Å². The molecule has 4 rings (SSSR count). The minimum Gasteiger partial charge on any atom is -0.396 e. The van der Waals surface area contributed by atoms with E-state index in [4.69, 9.17) is 0 Å². The van der Waals surface area contributed by atoms with Crippen molar-refractivity contribution in [1.82, 2.24) is 25.1 Å². The van der Waals surface area contributed by atoms with Gasteiger partial charge in [0.25, 0.3) is 17.4 Å². The number of carbonyl (C=O) groups is 1. The molecule has 1 amide bonds. The van der Waals surface area contributed by atoms with Crippen LogP contribution in [0.25, 0.3) is 5.95 Å². The lowest BCUT2D eigenvalue weighted by Crippen LogP contribution is -2.31. The van der Waals surface area contributed by atoms with Crippen LogP contribution in [-0.4, -0.2) is 43.4 Å². The van der Waals surface area contributed by atoms with Gasteiger partial charge in [-0.2, -0.15) is 4.68 Å². The monoisotopic (exact) mass is 385 g/mol. The molecular formula is C20H27N5O3. The number of hydrogen-bond acceptors (Lipinski definition) is 5. The topological polar surface area (TPSA) is 113 Å². The zero-order valence-electron chi connectivity index (χ0n) is 16.4. The van der Waals surface area contributed by atoms with E-state index in [1.54, 1.807) is 0 Å². The number of aryl methyl sites for hydroxylation is 2. The summed E-state index contributed by atoms with van der Waals surface area (Å²) in [6, 6.07) is 1.99. The van der Waals surface area contributed by atoms with Gasteiger partial charge in [0.15, 0.2) is 0 Å². The van der Waals surface area contributed by atoms with Crippen molar-refractivity contribution in [3.63, 3.8) is 0 Å². The van der Waals surface area contributed by atoms with E-state index in [1.807, 2.05) is 19.9 Å². The van der Waals surface area contributed by atoms with Crippen LogP contribution in [0.4, 0.5) is 0 Å². The molecule has 0 aromatic carbocycles. The summed E-state index contributed by atoms with van der Waals surface area (Å²) < 4.78 is 1.20. The van der Waals surface area contributed by atoms with Crippen LogP contribution in [0, 0.1) is 19.3 Å².